The fourth-order valence-electron chi connectivity index (χ4n) is 0.712. The lowest BCUT2D eigenvalue weighted by Gasteiger charge is -2.01. The van der Waals surface area contributed by atoms with Crippen LogP contribution in [-0.4, -0.2) is 12.5 Å². The Morgan fingerprint density at radius 1 is 1.77 bits per heavy atom. The van der Waals surface area contributed by atoms with Crippen LogP contribution in [0.3, 0.4) is 0 Å². The summed E-state index contributed by atoms with van der Waals surface area (Å²) in [5, 5.41) is 4.89. The average molecular weight is 281 g/mol. The Morgan fingerprint density at radius 3 is 2.92 bits per heavy atom. The summed E-state index contributed by atoms with van der Waals surface area (Å²) in [6.07, 6.45) is 0. The summed E-state index contributed by atoms with van der Waals surface area (Å²) in [7, 11) is 0. The van der Waals surface area contributed by atoms with Crippen LogP contribution in [0, 0.1) is 0 Å². The van der Waals surface area contributed by atoms with Crippen molar-refractivity contribution >= 4 is 44.8 Å². The number of halogens is 2. The predicted molar refractivity (Wildman–Crippen MR) is 59.3 cm³/mol. The van der Waals surface area contributed by atoms with Crippen LogP contribution in [0.1, 0.15) is 9.67 Å². The highest BCUT2D eigenvalue weighted by Crippen LogP contribution is 2.22. The molecule has 1 rings (SSSR count). The van der Waals surface area contributed by atoms with Gasteiger partial charge in [0.1, 0.15) is 4.88 Å². The van der Waals surface area contributed by atoms with E-state index >= 15 is 0 Å². The first-order valence-corrected chi connectivity index (χ1v) is 5.51. The van der Waals surface area contributed by atoms with Crippen molar-refractivity contribution in [3.8, 4) is 0 Å². The number of carbonyl (C=O) groups is 1. The molecule has 0 radical (unpaired) electrons. The van der Waals surface area contributed by atoms with Crippen molar-refractivity contribution in [3.05, 3.63) is 32.4 Å². The highest BCUT2D eigenvalue weighted by Gasteiger charge is 2.10. The molecule has 0 fully saturated rings. The summed E-state index contributed by atoms with van der Waals surface area (Å²) in [6, 6.07) is 1.83. The molecule has 1 aromatic rings. The lowest BCUT2D eigenvalue weighted by atomic mass is 10.4. The van der Waals surface area contributed by atoms with Gasteiger partial charge in [0.15, 0.2) is 0 Å². The van der Waals surface area contributed by atoms with E-state index in [0.717, 1.165) is 4.47 Å². The van der Waals surface area contributed by atoms with E-state index < -0.39 is 0 Å². The molecule has 0 aliphatic rings. The van der Waals surface area contributed by atoms with Crippen molar-refractivity contribution in [1.82, 2.24) is 5.32 Å². The molecule has 0 unspecified atom stereocenters. The number of hydrogen-bond donors (Lipinski definition) is 1. The molecular formula is C8H7BrClNOS. The van der Waals surface area contributed by atoms with Crippen LogP contribution in [0.5, 0.6) is 0 Å². The van der Waals surface area contributed by atoms with E-state index in [0.29, 0.717) is 16.5 Å². The third-order valence-corrected chi connectivity index (χ3v) is 3.23. The van der Waals surface area contributed by atoms with Gasteiger partial charge in [-0.3, -0.25) is 4.79 Å². The van der Waals surface area contributed by atoms with Gasteiger partial charge in [-0.05, 0) is 27.4 Å². The Balaban J connectivity index is 2.59. The summed E-state index contributed by atoms with van der Waals surface area (Å²) in [5.74, 6) is -0.135. The molecule has 70 valence electrons. The Hall–Kier alpha value is -0.320. The second-order valence-electron chi connectivity index (χ2n) is 2.30. The molecule has 1 aromatic heterocycles. The zero-order chi connectivity index (χ0) is 9.84. The van der Waals surface area contributed by atoms with Crippen LogP contribution in [0.25, 0.3) is 0 Å². The molecular weight excluding hydrogens is 274 g/mol. The van der Waals surface area contributed by atoms with E-state index in [1.54, 1.807) is 0 Å². The summed E-state index contributed by atoms with van der Waals surface area (Å²) < 4.78 is 0.801. The van der Waals surface area contributed by atoms with Crippen LogP contribution in [0.4, 0.5) is 0 Å². The van der Waals surface area contributed by atoms with Gasteiger partial charge >= 0.3 is 0 Å². The first-order chi connectivity index (χ1) is 6.11. The van der Waals surface area contributed by atoms with Crippen LogP contribution in [0.2, 0.25) is 0 Å². The van der Waals surface area contributed by atoms with Gasteiger partial charge in [0.05, 0.1) is 6.54 Å². The number of carbonyl (C=O) groups excluding carboxylic acids is 1. The summed E-state index contributed by atoms with van der Waals surface area (Å²) in [4.78, 5) is 12.1. The number of thiophene rings is 1. The highest BCUT2D eigenvalue weighted by atomic mass is 79.9. The van der Waals surface area contributed by atoms with Crippen molar-refractivity contribution in [2.45, 2.75) is 0 Å². The van der Waals surface area contributed by atoms with Crippen molar-refractivity contribution in [2.24, 2.45) is 0 Å². The normalized spacial score (nSPS) is 9.69. The van der Waals surface area contributed by atoms with Crippen LogP contribution >= 0.6 is 38.9 Å². The van der Waals surface area contributed by atoms with Gasteiger partial charge in [-0.2, -0.15) is 0 Å². The minimum absolute atomic E-state index is 0.135. The number of rotatable bonds is 3. The van der Waals surface area contributed by atoms with Crippen molar-refractivity contribution in [3.63, 3.8) is 0 Å². The van der Waals surface area contributed by atoms with Gasteiger partial charge in [0.2, 0.25) is 0 Å². The molecule has 1 amide bonds. The Kier molecular flexibility index (Phi) is 3.96. The SMILES string of the molecule is C=C(Cl)CNC(=O)c1sccc1Br. The largest absolute Gasteiger partial charge is 0.346 e. The zero-order valence-corrected chi connectivity index (χ0v) is 9.80. The van der Waals surface area contributed by atoms with Gasteiger partial charge < -0.3 is 5.32 Å². The van der Waals surface area contributed by atoms with Gasteiger partial charge in [-0.15, -0.1) is 11.3 Å². The predicted octanol–water partition coefficient (Wildman–Crippen LogP) is 2.99. The minimum atomic E-state index is -0.135. The maximum Gasteiger partial charge on any atom is 0.262 e. The smallest absolute Gasteiger partial charge is 0.262 e. The topological polar surface area (TPSA) is 29.1 Å². The summed E-state index contributed by atoms with van der Waals surface area (Å²) in [6.45, 7) is 3.77. The monoisotopic (exact) mass is 279 g/mol. The lowest BCUT2D eigenvalue weighted by molar-refractivity contribution is 0.0961. The first-order valence-electron chi connectivity index (χ1n) is 3.45. The first kappa shape index (κ1) is 10.8. The molecule has 0 aliphatic carbocycles. The Morgan fingerprint density at radius 2 is 2.46 bits per heavy atom. The van der Waals surface area contributed by atoms with E-state index in [1.165, 1.54) is 11.3 Å². The molecule has 0 aliphatic heterocycles. The molecule has 0 saturated heterocycles. The fourth-order valence-corrected chi connectivity index (χ4v) is 2.25. The molecule has 1 heterocycles. The number of nitrogens with one attached hydrogen (secondary N) is 1. The zero-order valence-electron chi connectivity index (χ0n) is 6.64. The molecule has 5 heteroatoms. The molecule has 13 heavy (non-hydrogen) atoms. The van der Waals surface area contributed by atoms with E-state index in [9.17, 15) is 4.79 Å². The Labute approximate surface area is 93.7 Å². The van der Waals surface area contributed by atoms with E-state index in [4.69, 9.17) is 11.6 Å². The second-order valence-corrected chi connectivity index (χ2v) is 4.60. The van der Waals surface area contributed by atoms with Gasteiger partial charge in [-0.25, -0.2) is 0 Å². The highest BCUT2D eigenvalue weighted by molar-refractivity contribution is 9.10. The van der Waals surface area contributed by atoms with Crippen molar-refractivity contribution < 1.29 is 4.79 Å². The third-order valence-electron chi connectivity index (χ3n) is 1.26. The summed E-state index contributed by atoms with van der Waals surface area (Å²) >= 11 is 10.2. The third kappa shape index (κ3) is 3.14. The fraction of sp³-hybridized carbons (Fsp3) is 0.125. The van der Waals surface area contributed by atoms with Gasteiger partial charge in [-0.1, -0.05) is 18.2 Å². The second kappa shape index (κ2) is 4.79. The standard InChI is InChI=1S/C8H7BrClNOS/c1-5(10)4-11-8(12)7-6(9)2-3-13-7/h2-3H,1,4H2,(H,11,12). The molecule has 2 nitrogen and oxygen atoms in total. The van der Waals surface area contributed by atoms with E-state index in [-0.39, 0.29) is 5.91 Å². The van der Waals surface area contributed by atoms with Crippen LogP contribution in [-0.2, 0) is 0 Å². The van der Waals surface area contributed by atoms with Crippen LogP contribution in [0.15, 0.2) is 27.5 Å². The lowest BCUT2D eigenvalue weighted by Crippen LogP contribution is -2.23. The molecule has 1 N–H and O–H groups in total. The molecule has 0 aromatic carbocycles. The molecule has 0 bridgehead atoms. The van der Waals surface area contributed by atoms with Gasteiger partial charge in [0.25, 0.3) is 5.91 Å². The maximum atomic E-state index is 11.4. The minimum Gasteiger partial charge on any atom is -0.346 e. The molecule has 0 saturated carbocycles. The van der Waals surface area contributed by atoms with Gasteiger partial charge in [0, 0.05) is 9.51 Å². The van der Waals surface area contributed by atoms with E-state index in [2.05, 4.69) is 27.8 Å². The summed E-state index contributed by atoms with van der Waals surface area (Å²) in [5.41, 5.74) is 0. The molecule has 0 atom stereocenters. The Bertz CT molecular complexity index is 337. The van der Waals surface area contributed by atoms with Crippen LogP contribution < -0.4 is 5.32 Å². The number of amides is 1. The van der Waals surface area contributed by atoms with Crippen molar-refractivity contribution in [2.75, 3.05) is 6.54 Å². The maximum absolute atomic E-state index is 11.4. The van der Waals surface area contributed by atoms with E-state index in [1.807, 2.05) is 11.4 Å². The quantitative estimate of drug-likeness (QED) is 0.906. The average Bonchev–Trinajstić information content (AvgIpc) is 2.47. The van der Waals surface area contributed by atoms with Crippen molar-refractivity contribution in [1.29, 1.82) is 0 Å². The molecule has 0 spiro atoms. The number of hydrogen-bond acceptors (Lipinski definition) is 2.